The molecule has 1 aromatic heterocycles. The highest BCUT2D eigenvalue weighted by atomic mass is 32.2. The van der Waals surface area contributed by atoms with Gasteiger partial charge in [0.1, 0.15) is 11.5 Å². The maximum Gasteiger partial charge on any atom is 0.273 e. The van der Waals surface area contributed by atoms with Gasteiger partial charge in [-0.2, -0.15) is 4.98 Å². The van der Waals surface area contributed by atoms with Crippen LogP contribution < -0.4 is 15.4 Å². The number of aromatic nitrogens is 2. The van der Waals surface area contributed by atoms with Crippen molar-refractivity contribution in [1.82, 2.24) is 14.9 Å². The summed E-state index contributed by atoms with van der Waals surface area (Å²) >= 11 is 0. The van der Waals surface area contributed by atoms with Crippen LogP contribution in [0.25, 0.3) is 0 Å². The largest absolute Gasteiger partial charge is 0.378 e. The van der Waals surface area contributed by atoms with Crippen LogP contribution in [0.15, 0.2) is 59.5 Å². The number of ether oxygens (including phenoxy) is 1. The number of primary sulfonamides is 1. The molecule has 5 rings (SSSR count). The van der Waals surface area contributed by atoms with Gasteiger partial charge in [-0.25, -0.2) is 18.5 Å². The molecule has 1 amide bonds. The molecule has 1 fully saturated rings. The third kappa shape index (κ3) is 4.58. The highest BCUT2D eigenvalue weighted by Gasteiger charge is 2.34. The number of amides is 1. The number of morpholine rings is 1. The van der Waals surface area contributed by atoms with Crippen molar-refractivity contribution < 1.29 is 17.9 Å². The first-order valence-electron chi connectivity index (χ1n) is 10.9. The number of benzene rings is 2. The fraction of sp³-hybridized carbons (Fsp3) is 0.261. The maximum absolute atomic E-state index is 13.3. The predicted molar refractivity (Wildman–Crippen MR) is 126 cm³/mol. The van der Waals surface area contributed by atoms with E-state index in [9.17, 15) is 13.2 Å². The number of rotatable bonds is 6. The number of carbonyl (C=O) groups is 1. The number of sulfonamides is 1. The van der Waals surface area contributed by atoms with Crippen LogP contribution in [0.1, 0.15) is 21.6 Å². The second-order valence-electron chi connectivity index (χ2n) is 8.14. The summed E-state index contributed by atoms with van der Waals surface area (Å²) < 4.78 is 28.6. The van der Waals surface area contributed by atoms with E-state index in [1.165, 1.54) is 12.1 Å². The van der Waals surface area contributed by atoms with Gasteiger partial charge in [0.2, 0.25) is 16.0 Å². The molecular weight excluding hydrogens is 456 g/mol. The van der Waals surface area contributed by atoms with E-state index in [4.69, 9.17) is 14.9 Å². The third-order valence-corrected chi connectivity index (χ3v) is 6.72. The molecule has 1 saturated heterocycles. The molecule has 34 heavy (non-hydrogen) atoms. The Morgan fingerprint density at radius 2 is 1.71 bits per heavy atom. The Labute approximate surface area is 197 Å². The highest BCUT2D eigenvalue weighted by molar-refractivity contribution is 7.89. The van der Waals surface area contributed by atoms with Gasteiger partial charge in [-0.15, -0.1) is 0 Å². The summed E-state index contributed by atoms with van der Waals surface area (Å²) in [6.07, 6.45) is 0. The lowest BCUT2D eigenvalue weighted by atomic mass is 10.2. The second-order valence-corrected chi connectivity index (χ2v) is 9.70. The van der Waals surface area contributed by atoms with Crippen LogP contribution >= 0.6 is 0 Å². The van der Waals surface area contributed by atoms with Crippen molar-refractivity contribution >= 4 is 33.4 Å². The SMILES string of the molecule is NS(=O)(=O)c1ccc(Nc2nc(N3CCOCC3)nc3c2CN(Cc2ccccc2)C3=O)cc1. The van der Waals surface area contributed by atoms with E-state index in [2.05, 4.69) is 10.3 Å². The van der Waals surface area contributed by atoms with Gasteiger partial charge in [-0.05, 0) is 29.8 Å². The lowest BCUT2D eigenvalue weighted by Crippen LogP contribution is -2.37. The monoisotopic (exact) mass is 480 g/mol. The minimum Gasteiger partial charge on any atom is -0.378 e. The Balaban J connectivity index is 1.49. The van der Waals surface area contributed by atoms with Crippen molar-refractivity contribution in [3.05, 3.63) is 71.4 Å². The molecule has 0 atom stereocenters. The average Bonchev–Trinajstić information content (AvgIpc) is 3.15. The van der Waals surface area contributed by atoms with Crippen LogP contribution in [0.3, 0.4) is 0 Å². The van der Waals surface area contributed by atoms with Gasteiger partial charge in [0, 0.05) is 30.9 Å². The number of hydrogen-bond donors (Lipinski definition) is 2. The molecule has 0 aliphatic carbocycles. The van der Waals surface area contributed by atoms with E-state index in [0.29, 0.717) is 68.1 Å². The Kier molecular flexibility index (Phi) is 5.90. The van der Waals surface area contributed by atoms with Gasteiger partial charge >= 0.3 is 0 Å². The summed E-state index contributed by atoms with van der Waals surface area (Å²) in [6, 6.07) is 15.9. The van der Waals surface area contributed by atoms with Gasteiger partial charge in [0.25, 0.3) is 5.91 Å². The molecule has 10 nitrogen and oxygen atoms in total. The van der Waals surface area contributed by atoms with Gasteiger partial charge < -0.3 is 19.9 Å². The Morgan fingerprint density at radius 3 is 2.38 bits per heavy atom. The highest BCUT2D eigenvalue weighted by Crippen LogP contribution is 2.32. The first kappa shape index (κ1) is 22.3. The standard InChI is InChI=1S/C23H24N6O4S/c24-34(31,32)18-8-6-17(7-9-18)25-21-19-15-29(14-16-4-2-1-3-5-16)22(30)20(19)26-23(27-21)28-10-12-33-13-11-28/h1-9H,10-15H2,(H2,24,31,32)(H,25,26,27). The van der Waals surface area contributed by atoms with Gasteiger partial charge in [-0.1, -0.05) is 30.3 Å². The summed E-state index contributed by atoms with van der Waals surface area (Å²) in [5, 5.41) is 8.45. The van der Waals surface area contributed by atoms with Crippen LogP contribution in [0, 0.1) is 0 Å². The predicted octanol–water partition coefficient (Wildman–Crippen LogP) is 1.86. The van der Waals surface area contributed by atoms with Gasteiger partial charge in [0.15, 0.2) is 0 Å². The molecule has 0 unspecified atom stereocenters. The molecular formula is C23H24N6O4S. The van der Waals surface area contributed by atoms with Crippen molar-refractivity contribution in [2.24, 2.45) is 5.14 Å². The van der Waals surface area contributed by atoms with E-state index in [-0.39, 0.29) is 10.8 Å². The number of anilines is 3. The van der Waals surface area contributed by atoms with E-state index in [1.807, 2.05) is 35.2 Å². The zero-order chi connectivity index (χ0) is 23.7. The maximum atomic E-state index is 13.3. The van der Waals surface area contributed by atoms with E-state index < -0.39 is 10.0 Å². The lowest BCUT2D eigenvalue weighted by molar-refractivity contribution is 0.0762. The number of nitrogens with one attached hydrogen (secondary N) is 1. The molecule has 2 aliphatic rings. The Hall–Kier alpha value is -3.54. The third-order valence-electron chi connectivity index (χ3n) is 5.79. The normalized spacial score (nSPS) is 16.0. The first-order valence-corrected chi connectivity index (χ1v) is 12.4. The molecule has 0 radical (unpaired) electrons. The van der Waals surface area contributed by atoms with Crippen LogP contribution in [-0.2, 0) is 27.8 Å². The molecule has 176 valence electrons. The fourth-order valence-electron chi connectivity index (χ4n) is 4.02. The van der Waals surface area contributed by atoms with Crippen LogP contribution in [0.5, 0.6) is 0 Å². The molecule has 0 spiro atoms. The molecule has 2 aliphatic heterocycles. The number of hydrogen-bond acceptors (Lipinski definition) is 8. The van der Waals surface area contributed by atoms with E-state index >= 15 is 0 Å². The smallest absolute Gasteiger partial charge is 0.273 e. The van der Waals surface area contributed by atoms with Crippen molar-refractivity contribution in [3.63, 3.8) is 0 Å². The molecule has 3 N–H and O–H groups in total. The number of nitrogens with two attached hydrogens (primary N) is 1. The molecule has 0 saturated carbocycles. The van der Waals surface area contributed by atoms with E-state index in [1.54, 1.807) is 17.0 Å². The second kappa shape index (κ2) is 9.01. The van der Waals surface area contributed by atoms with Crippen molar-refractivity contribution in [2.75, 3.05) is 36.5 Å². The molecule has 0 bridgehead atoms. The molecule has 3 aromatic rings. The summed E-state index contributed by atoms with van der Waals surface area (Å²) in [5.74, 6) is 0.822. The van der Waals surface area contributed by atoms with Gasteiger partial charge in [-0.3, -0.25) is 4.79 Å². The van der Waals surface area contributed by atoms with Crippen molar-refractivity contribution in [1.29, 1.82) is 0 Å². The number of fused-ring (bicyclic) bond motifs is 1. The quantitative estimate of drug-likeness (QED) is 0.547. The fourth-order valence-corrected chi connectivity index (χ4v) is 4.53. The topological polar surface area (TPSA) is 131 Å². The Bertz CT molecular complexity index is 1310. The minimum absolute atomic E-state index is 0.0178. The summed E-state index contributed by atoms with van der Waals surface area (Å²) in [4.78, 5) is 26.4. The Morgan fingerprint density at radius 1 is 1.00 bits per heavy atom. The van der Waals surface area contributed by atoms with Crippen LogP contribution in [0.2, 0.25) is 0 Å². The first-order chi connectivity index (χ1) is 16.4. The van der Waals surface area contributed by atoms with Crippen molar-refractivity contribution in [3.8, 4) is 0 Å². The summed E-state index contributed by atoms with van der Waals surface area (Å²) in [6.45, 7) is 3.21. The summed E-state index contributed by atoms with van der Waals surface area (Å²) in [7, 11) is -3.79. The molecule has 2 aromatic carbocycles. The van der Waals surface area contributed by atoms with Crippen LogP contribution in [-0.4, -0.2) is 55.5 Å². The zero-order valence-electron chi connectivity index (χ0n) is 18.3. The lowest BCUT2D eigenvalue weighted by Gasteiger charge is -2.27. The van der Waals surface area contributed by atoms with Crippen molar-refractivity contribution in [2.45, 2.75) is 18.0 Å². The van der Waals surface area contributed by atoms with E-state index in [0.717, 1.165) is 5.56 Å². The summed E-state index contributed by atoms with van der Waals surface area (Å²) in [5.41, 5.74) is 2.72. The minimum atomic E-state index is -3.79. The molecule has 3 heterocycles. The zero-order valence-corrected chi connectivity index (χ0v) is 19.2. The van der Waals surface area contributed by atoms with Gasteiger partial charge in [0.05, 0.1) is 24.7 Å². The number of carbonyl (C=O) groups excluding carboxylic acids is 1. The van der Waals surface area contributed by atoms with Crippen LogP contribution in [0.4, 0.5) is 17.5 Å². The number of nitrogens with zero attached hydrogens (tertiary/aromatic N) is 4. The average molecular weight is 481 g/mol. The molecule has 11 heteroatoms.